The first kappa shape index (κ1) is 26.9. The summed E-state index contributed by atoms with van der Waals surface area (Å²) in [5.74, 6) is 2.45. The normalized spacial score (nSPS) is 29.6. The Labute approximate surface area is 181 Å². The highest BCUT2D eigenvalue weighted by Crippen LogP contribution is 2.16. The van der Waals surface area contributed by atoms with E-state index >= 15 is 0 Å². The average Bonchev–Trinajstić information content (AvgIpc) is 3.38. The van der Waals surface area contributed by atoms with E-state index < -0.39 is 11.3 Å². The summed E-state index contributed by atoms with van der Waals surface area (Å²) in [5.41, 5.74) is 0. The van der Waals surface area contributed by atoms with Crippen LogP contribution in [0.3, 0.4) is 0 Å². The maximum absolute atomic E-state index is 10.4. The van der Waals surface area contributed by atoms with E-state index in [1.165, 1.54) is 30.2 Å². The molecule has 4 heterocycles. The molecule has 0 spiro atoms. The monoisotopic (exact) mass is 434 g/mol. The molecule has 4 aliphatic rings. The second-order valence-electron chi connectivity index (χ2n) is 8.81. The predicted molar refractivity (Wildman–Crippen MR) is 118 cm³/mol. The lowest BCUT2D eigenvalue weighted by Gasteiger charge is -2.30. The quantitative estimate of drug-likeness (QED) is 0.637. The van der Waals surface area contributed by atoms with Crippen LogP contribution in [0.2, 0.25) is 0 Å². The van der Waals surface area contributed by atoms with Crippen molar-refractivity contribution in [3.05, 3.63) is 0 Å². The van der Waals surface area contributed by atoms with Crippen LogP contribution in [0.15, 0.2) is 0 Å². The molecule has 3 unspecified atom stereocenters. The number of morpholine rings is 1. The highest BCUT2D eigenvalue weighted by molar-refractivity contribution is 7.76. The zero-order valence-corrected chi connectivity index (χ0v) is 19.9. The van der Waals surface area contributed by atoms with Crippen molar-refractivity contribution >= 4 is 11.3 Å². The molecule has 0 aliphatic carbocycles. The lowest BCUT2D eigenvalue weighted by Crippen LogP contribution is -2.34. The number of rotatable bonds is 1. The third kappa shape index (κ3) is 14.5. The highest BCUT2D eigenvalue weighted by Gasteiger charge is 2.15. The van der Waals surface area contributed by atoms with Gasteiger partial charge < -0.3 is 24.2 Å². The Morgan fingerprint density at radius 2 is 1.52 bits per heavy atom. The van der Waals surface area contributed by atoms with Gasteiger partial charge in [0.25, 0.3) is 0 Å². The van der Waals surface area contributed by atoms with Crippen molar-refractivity contribution in [2.75, 3.05) is 72.7 Å². The summed E-state index contributed by atoms with van der Waals surface area (Å²) in [6, 6.07) is 0. The molecule has 4 saturated heterocycles. The summed E-state index contributed by atoms with van der Waals surface area (Å²) in [4.78, 5) is 2.27. The van der Waals surface area contributed by atoms with Crippen LogP contribution in [-0.4, -0.2) is 90.7 Å². The molecule has 3 atom stereocenters. The van der Waals surface area contributed by atoms with E-state index in [9.17, 15) is 8.76 Å². The van der Waals surface area contributed by atoms with Crippen molar-refractivity contribution in [1.82, 2.24) is 14.5 Å². The minimum absolute atomic E-state index is 0.694. The highest BCUT2D eigenvalue weighted by atomic mass is 32.2. The summed E-state index contributed by atoms with van der Waals surface area (Å²) in [6.07, 6.45) is 4.65. The standard InChI is InChI=1S/C6H13NO2S.C5H11NO.C5H11N.C5H10O/c1-6-2-4-7(5-3-6)10(8)9;1-6-2-4-7-5-3-6;2*1-5-2-3-6-4-5/h6H,2-5H2,1H3,(H,8,9);2-5H2,1H3;5-6H,2-4H2,1H3;5H,2-4H2,1H3/p-1. The van der Waals surface area contributed by atoms with Crippen molar-refractivity contribution in [2.45, 2.75) is 46.5 Å². The maximum Gasteiger partial charge on any atom is 0.0594 e. The second-order valence-corrected chi connectivity index (χ2v) is 9.76. The zero-order valence-electron chi connectivity index (χ0n) is 19.1. The molecular formula is C21H44N3O4S-. The molecule has 1 N–H and O–H groups in total. The van der Waals surface area contributed by atoms with E-state index in [-0.39, 0.29) is 0 Å². The lowest BCUT2D eigenvalue weighted by atomic mass is 10.0. The largest absolute Gasteiger partial charge is 0.760 e. The van der Waals surface area contributed by atoms with E-state index in [2.05, 4.69) is 38.0 Å². The fourth-order valence-corrected chi connectivity index (χ4v) is 3.75. The summed E-state index contributed by atoms with van der Waals surface area (Å²) in [6.45, 7) is 16.5. The molecular weight excluding hydrogens is 390 g/mol. The molecule has 0 aromatic carbocycles. The van der Waals surface area contributed by atoms with E-state index in [0.717, 1.165) is 64.2 Å². The molecule has 0 aromatic heterocycles. The number of nitrogens with zero attached hydrogens (tertiary/aromatic N) is 2. The SMILES string of the molecule is CC1CCN(S(=O)[O-])CC1.CC1CCNC1.CC1CCOC1.CN1CCOCC1. The molecule has 0 aromatic rings. The molecule has 4 rings (SSSR count). The Morgan fingerprint density at radius 1 is 0.862 bits per heavy atom. The average molecular weight is 435 g/mol. The fourth-order valence-electron chi connectivity index (χ4n) is 3.24. The fraction of sp³-hybridized carbons (Fsp3) is 1.00. The Balaban J connectivity index is 0.000000198. The van der Waals surface area contributed by atoms with Gasteiger partial charge in [-0.3, -0.25) is 4.21 Å². The van der Waals surface area contributed by atoms with Crippen LogP contribution in [0.1, 0.15) is 46.5 Å². The number of hydrogen-bond acceptors (Lipinski definition) is 6. The van der Waals surface area contributed by atoms with E-state index in [4.69, 9.17) is 9.47 Å². The van der Waals surface area contributed by atoms with Crippen LogP contribution in [-0.2, 0) is 20.7 Å². The second kappa shape index (κ2) is 16.6. The van der Waals surface area contributed by atoms with Gasteiger partial charge in [0.15, 0.2) is 0 Å². The molecule has 0 bridgehead atoms. The van der Waals surface area contributed by atoms with Gasteiger partial charge in [0, 0.05) is 50.7 Å². The van der Waals surface area contributed by atoms with Crippen LogP contribution in [0.5, 0.6) is 0 Å². The Bertz CT molecular complexity index is 391. The van der Waals surface area contributed by atoms with Crippen molar-refractivity contribution in [2.24, 2.45) is 17.8 Å². The lowest BCUT2D eigenvalue weighted by molar-refractivity contribution is 0.0503. The van der Waals surface area contributed by atoms with Crippen LogP contribution in [0.4, 0.5) is 0 Å². The van der Waals surface area contributed by atoms with Crippen molar-refractivity contribution in [1.29, 1.82) is 0 Å². The number of hydrogen-bond donors (Lipinski definition) is 1. The Hall–Kier alpha value is -0.0900. The van der Waals surface area contributed by atoms with Gasteiger partial charge in [-0.1, -0.05) is 20.8 Å². The number of piperidine rings is 1. The van der Waals surface area contributed by atoms with Gasteiger partial charge in [-0.05, 0) is 63.6 Å². The van der Waals surface area contributed by atoms with Gasteiger partial charge >= 0.3 is 0 Å². The van der Waals surface area contributed by atoms with Gasteiger partial charge in [0.1, 0.15) is 0 Å². The van der Waals surface area contributed by atoms with E-state index in [1.54, 1.807) is 0 Å². The van der Waals surface area contributed by atoms with Crippen molar-refractivity contribution in [3.8, 4) is 0 Å². The molecule has 4 aliphatic heterocycles. The molecule has 0 radical (unpaired) electrons. The van der Waals surface area contributed by atoms with Gasteiger partial charge in [0.2, 0.25) is 0 Å². The number of ether oxygens (including phenoxy) is 2. The van der Waals surface area contributed by atoms with Gasteiger partial charge in [-0.2, -0.15) is 0 Å². The van der Waals surface area contributed by atoms with Crippen LogP contribution in [0, 0.1) is 17.8 Å². The van der Waals surface area contributed by atoms with Crippen molar-refractivity contribution < 1.29 is 18.2 Å². The van der Waals surface area contributed by atoms with Gasteiger partial charge in [-0.15, -0.1) is 0 Å². The topological polar surface area (TPSA) is 77.1 Å². The zero-order chi connectivity index (χ0) is 21.5. The molecule has 174 valence electrons. The third-order valence-electron chi connectivity index (χ3n) is 5.65. The predicted octanol–water partition coefficient (Wildman–Crippen LogP) is 2.12. The number of likely N-dealkylation sites (N-methyl/N-ethyl adjacent to an activating group) is 1. The molecule has 0 amide bonds. The maximum atomic E-state index is 10.4. The van der Waals surface area contributed by atoms with Gasteiger partial charge in [0.05, 0.1) is 13.2 Å². The van der Waals surface area contributed by atoms with Crippen LogP contribution < -0.4 is 5.32 Å². The summed E-state index contributed by atoms with van der Waals surface area (Å²) in [7, 11) is 2.11. The molecule has 7 nitrogen and oxygen atoms in total. The van der Waals surface area contributed by atoms with E-state index in [0.29, 0.717) is 19.0 Å². The smallest absolute Gasteiger partial charge is 0.0594 e. The first-order valence-electron chi connectivity index (χ1n) is 11.3. The third-order valence-corrected chi connectivity index (χ3v) is 6.44. The Kier molecular flexibility index (Phi) is 15.4. The molecule has 4 fully saturated rings. The minimum atomic E-state index is -1.98. The summed E-state index contributed by atoms with van der Waals surface area (Å²) in [5, 5.41) is 3.27. The first-order valence-corrected chi connectivity index (χ1v) is 12.3. The summed E-state index contributed by atoms with van der Waals surface area (Å²) >= 11 is -1.98. The van der Waals surface area contributed by atoms with Gasteiger partial charge in [-0.25, -0.2) is 4.31 Å². The van der Waals surface area contributed by atoms with Crippen LogP contribution >= 0.6 is 0 Å². The molecule has 29 heavy (non-hydrogen) atoms. The first-order chi connectivity index (χ1) is 13.9. The van der Waals surface area contributed by atoms with E-state index in [1.807, 2.05) is 0 Å². The minimum Gasteiger partial charge on any atom is -0.760 e. The number of nitrogens with one attached hydrogen (secondary N) is 1. The Morgan fingerprint density at radius 3 is 1.79 bits per heavy atom. The summed E-state index contributed by atoms with van der Waals surface area (Å²) < 4.78 is 32.4. The van der Waals surface area contributed by atoms with Crippen molar-refractivity contribution in [3.63, 3.8) is 0 Å². The van der Waals surface area contributed by atoms with Crippen LogP contribution in [0.25, 0.3) is 0 Å². The molecule has 8 heteroatoms. The molecule has 0 saturated carbocycles.